The Bertz CT molecular complexity index is 360. The first-order chi connectivity index (χ1) is 7.20. The average Bonchev–Trinajstić information content (AvgIpc) is 2.19. The summed E-state index contributed by atoms with van der Waals surface area (Å²) in [5.41, 5.74) is 6.26. The fourth-order valence-corrected chi connectivity index (χ4v) is 1.52. The van der Waals surface area contributed by atoms with Crippen LogP contribution in [0.3, 0.4) is 0 Å². The maximum Gasteiger partial charge on any atom is 0.255 e. The van der Waals surface area contributed by atoms with E-state index < -0.39 is 12.3 Å². The fraction of sp³-hybridized carbons (Fsp3) is 0.500. The number of aliphatic imine (C=N–C) groups is 2. The van der Waals surface area contributed by atoms with Gasteiger partial charge in [-0.1, -0.05) is 0 Å². The molecule has 0 aromatic carbocycles. The van der Waals surface area contributed by atoms with E-state index in [2.05, 4.69) is 20.6 Å². The van der Waals surface area contributed by atoms with Crippen molar-refractivity contribution in [2.24, 2.45) is 15.7 Å². The number of nitrogens with one attached hydrogen (secondary N) is 3. The normalized spacial score (nSPS) is 29.3. The van der Waals surface area contributed by atoms with Crippen LogP contribution in [0.5, 0.6) is 0 Å². The molecular weight excluding hydrogens is 196 g/mol. The molecular formula is C8H12N6O. The highest BCUT2D eigenvalue weighted by atomic mass is 16.2. The lowest BCUT2D eigenvalue weighted by Crippen LogP contribution is -2.65. The molecule has 0 radical (unpaired) electrons. The first kappa shape index (κ1) is 9.78. The average molecular weight is 208 g/mol. The molecule has 15 heavy (non-hydrogen) atoms. The van der Waals surface area contributed by atoms with Gasteiger partial charge in [0.25, 0.3) is 5.91 Å². The van der Waals surface area contributed by atoms with E-state index >= 15 is 0 Å². The van der Waals surface area contributed by atoms with Crippen LogP contribution >= 0.6 is 0 Å². The Morgan fingerprint density at radius 2 is 2.40 bits per heavy atom. The fourth-order valence-electron chi connectivity index (χ4n) is 1.52. The standard InChI is InChI=1S/C8H12N6O/c9-2-1-4-3-11-6-5(12-4)7(15)14-8(10)13-6/h2,5,8-9H,1,3,10H2,(H,11,13)(H,14,15). The van der Waals surface area contributed by atoms with Crippen molar-refractivity contribution in [3.05, 3.63) is 0 Å². The van der Waals surface area contributed by atoms with Gasteiger partial charge in [0.2, 0.25) is 0 Å². The van der Waals surface area contributed by atoms with Crippen LogP contribution in [-0.2, 0) is 4.79 Å². The number of nitrogens with zero attached hydrogens (tertiary/aromatic N) is 2. The lowest BCUT2D eigenvalue weighted by Gasteiger charge is -2.30. The van der Waals surface area contributed by atoms with Crippen LogP contribution in [0.1, 0.15) is 6.42 Å². The summed E-state index contributed by atoms with van der Waals surface area (Å²) in [6, 6.07) is -0.617. The molecule has 0 aromatic heterocycles. The molecule has 7 nitrogen and oxygen atoms in total. The Morgan fingerprint density at radius 1 is 1.60 bits per heavy atom. The summed E-state index contributed by atoms with van der Waals surface area (Å²) >= 11 is 0. The highest BCUT2D eigenvalue weighted by molar-refractivity contribution is 6.13. The summed E-state index contributed by atoms with van der Waals surface area (Å²) in [5.74, 6) is 0.266. The number of rotatable bonds is 2. The molecule has 2 unspecified atom stereocenters. The third kappa shape index (κ3) is 1.86. The maximum absolute atomic E-state index is 11.5. The van der Waals surface area contributed by atoms with Crippen molar-refractivity contribution in [3.63, 3.8) is 0 Å². The van der Waals surface area contributed by atoms with E-state index in [4.69, 9.17) is 11.1 Å². The zero-order chi connectivity index (χ0) is 10.8. The topological polar surface area (TPSA) is 116 Å². The molecule has 7 heteroatoms. The van der Waals surface area contributed by atoms with Gasteiger partial charge in [-0.2, -0.15) is 0 Å². The molecule has 0 saturated carbocycles. The second kappa shape index (κ2) is 3.77. The van der Waals surface area contributed by atoms with Crippen LogP contribution in [0.2, 0.25) is 0 Å². The van der Waals surface area contributed by atoms with Gasteiger partial charge in [-0.25, -0.2) is 0 Å². The van der Waals surface area contributed by atoms with Gasteiger partial charge >= 0.3 is 0 Å². The Hall–Kier alpha value is -1.76. The number of carbonyl (C=O) groups excluding carboxylic acids is 1. The number of fused-ring (bicyclic) bond motifs is 1. The predicted molar refractivity (Wildman–Crippen MR) is 56.2 cm³/mol. The minimum Gasteiger partial charge on any atom is -0.339 e. The first-order valence-corrected chi connectivity index (χ1v) is 4.62. The van der Waals surface area contributed by atoms with Crippen LogP contribution in [0.15, 0.2) is 9.98 Å². The number of carbonyl (C=O) groups is 1. The van der Waals surface area contributed by atoms with Gasteiger partial charge in [0.05, 0.1) is 6.54 Å². The lowest BCUT2D eigenvalue weighted by atomic mass is 10.1. The summed E-state index contributed by atoms with van der Waals surface area (Å²) in [5, 5.41) is 12.3. The second-order valence-electron chi connectivity index (χ2n) is 3.34. The van der Waals surface area contributed by atoms with E-state index in [9.17, 15) is 4.79 Å². The summed E-state index contributed by atoms with van der Waals surface area (Å²) in [4.78, 5) is 19.9. The number of amidine groups is 1. The van der Waals surface area contributed by atoms with Crippen LogP contribution in [0.25, 0.3) is 0 Å². The van der Waals surface area contributed by atoms with E-state index in [1.54, 1.807) is 0 Å². The summed E-state index contributed by atoms with van der Waals surface area (Å²) in [6.07, 6.45) is 1.10. The van der Waals surface area contributed by atoms with Crippen molar-refractivity contribution < 1.29 is 4.79 Å². The smallest absolute Gasteiger partial charge is 0.255 e. The molecule has 1 saturated heterocycles. The predicted octanol–water partition coefficient (Wildman–Crippen LogP) is -1.79. The number of nitrogens with two attached hydrogens (primary N) is 1. The second-order valence-corrected chi connectivity index (χ2v) is 3.34. The highest BCUT2D eigenvalue weighted by Crippen LogP contribution is 2.07. The molecule has 2 aliphatic heterocycles. The van der Waals surface area contributed by atoms with Gasteiger partial charge in [0.15, 0.2) is 12.3 Å². The Labute approximate surface area is 86.4 Å². The number of hydrogen-bond acceptors (Lipinski definition) is 6. The largest absolute Gasteiger partial charge is 0.339 e. The van der Waals surface area contributed by atoms with Crippen molar-refractivity contribution in [1.29, 1.82) is 5.41 Å². The van der Waals surface area contributed by atoms with E-state index in [0.29, 0.717) is 18.8 Å². The molecule has 0 aromatic rings. The van der Waals surface area contributed by atoms with Crippen LogP contribution in [-0.4, -0.2) is 42.5 Å². The van der Waals surface area contributed by atoms with Crippen LogP contribution in [0, 0.1) is 5.41 Å². The molecule has 2 aliphatic rings. The molecule has 80 valence electrons. The summed E-state index contributed by atoms with van der Waals surface area (Å²) in [7, 11) is 0. The molecule has 2 atom stereocenters. The number of amides is 1. The van der Waals surface area contributed by atoms with E-state index in [1.165, 1.54) is 6.21 Å². The zero-order valence-electron chi connectivity index (χ0n) is 8.03. The Morgan fingerprint density at radius 3 is 3.13 bits per heavy atom. The van der Waals surface area contributed by atoms with Crippen molar-refractivity contribution in [2.75, 3.05) is 6.54 Å². The van der Waals surface area contributed by atoms with Crippen molar-refractivity contribution in [2.45, 2.75) is 18.8 Å². The minimum absolute atomic E-state index is 0.248. The van der Waals surface area contributed by atoms with Gasteiger partial charge in [-0.15, -0.1) is 0 Å². The Balaban J connectivity index is 2.18. The maximum atomic E-state index is 11.5. The lowest BCUT2D eigenvalue weighted by molar-refractivity contribution is -0.122. The summed E-state index contributed by atoms with van der Waals surface area (Å²) in [6.45, 7) is 0.425. The van der Waals surface area contributed by atoms with Gasteiger partial charge in [0.1, 0.15) is 5.84 Å². The molecule has 0 aliphatic carbocycles. The van der Waals surface area contributed by atoms with Gasteiger partial charge in [-0.3, -0.25) is 20.5 Å². The van der Waals surface area contributed by atoms with Crippen molar-refractivity contribution >= 4 is 23.7 Å². The third-order valence-electron chi connectivity index (χ3n) is 2.19. The van der Waals surface area contributed by atoms with Gasteiger partial charge < -0.3 is 16.0 Å². The molecule has 1 fully saturated rings. The van der Waals surface area contributed by atoms with Gasteiger partial charge in [-0.05, 0) is 0 Å². The molecule has 2 heterocycles. The monoisotopic (exact) mass is 208 g/mol. The van der Waals surface area contributed by atoms with Crippen LogP contribution in [0.4, 0.5) is 0 Å². The zero-order valence-corrected chi connectivity index (χ0v) is 8.03. The molecule has 1 amide bonds. The van der Waals surface area contributed by atoms with E-state index in [0.717, 1.165) is 5.71 Å². The van der Waals surface area contributed by atoms with Crippen molar-refractivity contribution in [1.82, 2.24) is 10.6 Å². The molecule has 2 rings (SSSR count). The van der Waals surface area contributed by atoms with Crippen LogP contribution < -0.4 is 16.4 Å². The van der Waals surface area contributed by atoms with E-state index in [1.807, 2.05) is 0 Å². The van der Waals surface area contributed by atoms with E-state index in [-0.39, 0.29) is 5.91 Å². The number of hydrogen-bond donors (Lipinski definition) is 4. The molecule has 5 N–H and O–H groups in total. The third-order valence-corrected chi connectivity index (χ3v) is 2.19. The quantitative estimate of drug-likeness (QED) is 0.401. The molecule has 0 spiro atoms. The summed E-state index contributed by atoms with van der Waals surface area (Å²) < 4.78 is 0. The minimum atomic E-state index is -0.617. The van der Waals surface area contributed by atoms with Gasteiger partial charge in [0, 0.05) is 18.3 Å². The SMILES string of the molecule is N=CCC1=NC2C(=O)NC(N)NC2=NC1. The first-order valence-electron chi connectivity index (χ1n) is 4.62. The molecule has 0 bridgehead atoms. The van der Waals surface area contributed by atoms with Crippen molar-refractivity contribution in [3.8, 4) is 0 Å². The highest BCUT2D eigenvalue weighted by Gasteiger charge is 2.33. The Kier molecular flexibility index (Phi) is 2.46.